The average Bonchev–Trinajstić information content (AvgIpc) is 2.25. The van der Waals surface area contributed by atoms with Gasteiger partial charge in [0, 0.05) is 13.1 Å². The number of hydrogen-bond acceptors (Lipinski definition) is 3. The lowest BCUT2D eigenvalue weighted by atomic mass is 10.3. The van der Waals surface area contributed by atoms with Gasteiger partial charge in [0.25, 0.3) is 0 Å². The molecule has 0 aromatic carbocycles. The molecule has 0 saturated carbocycles. The van der Waals surface area contributed by atoms with Gasteiger partial charge in [0.05, 0.1) is 5.75 Å². The van der Waals surface area contributed by atoms with Crippen LogP contribution < -0.4 is 0 Å². The van der Waals surface area contributed by atoms with Crippen LogP contribution in [0, 0.1) is 0 Å². The molecular weight excluding hydrogens is 160 g/mol. The standard InChI is InChI=1S/C7H10N2OS/c10-6-5-11-7-8-3-1-2-4-9(6)7/h1-5H2. The van der Waals surface area contributed by atoms with Gasteiger partial charge in [-0.2, -0.15) is 0 Å². The first kappa shape index (κ1) is 7.16. The smallest absolute Gasteiger partial charge is 0.239 e. The van der Waals surface area contributed by atoms with Gasteiger partial charge in [0.2, 0.25) is 5.91 Å². The predicted octanol–water partition coefficient (Wildman–Crippen LogP) is 0.712. The Morgan fingerprint density at radius 3 is 3.27 bits per heavy atom. The molecule has 0 atom stereocenters. The zero-order valence-electron chi connectivity index (χ0n) is 6.25. The Morgan fingerprint density at radius 1 is 1.45 bits per heavy atom. The van der Waals surface area contributed by atoms with E-state index in [9.17, 15) is 4.79 Å². The van der Waals surface area contributed by atoms with E-state index >= 15 is 0 Å². The summed E-state index contributed by atoms with van der Waals surface area (Å²) in [5.74, 6) is 0.828. The van der Waals surface area contributed by atoms with Gasteiger partial charge in [0.15, 0.2) is 5.17 Å². The van der Waals surface area contributed by atoms with Crippen molar-refractivity contribution < 1.29 is 4.79 Å². The van der Waals surface area contributed by atoms with Crippen LogP contribution in [0.5, 0.6) is 0 Å². The molecule has 0 spiro atoms. The molecule has 1 amide bonds. The first-order chi connectivity index (χ1) is 5.38. The maximum atomic E-state index is 11.2. The van der Waals surface area contributed by atoms with Crippen molar-refractivity contribution in [3.05, 3.63) is 0 Å². The minimum atomic E-state index is 0.232. The third kappa shape index (κ3) is 1.27. The molecule has 2 aliphatic heterocycles. The molecule has 4 heteroatoms. The van der Waals surface area contributed by atoms with E-state index in [0.717, 1.165) is 31.1 Å². The number of carbonyl (C=O) groups is 1. The lowest BCUT2D eigenvalue weighted by Gasteiger charge is -2.11. The summed E-state index contributed by atoms with van der Waals surface area (Å²) in [5.41, 5.74) is 0. The quantitative estimate of drug-likeness (QED) is 0.536. The number of amides is 1. The Labute approximate surface area is 69.9 Å². The first-order valence-corrected chi connectivity index (χ1v) is 4.84. The molecule has 0 radical (unpaired) electrons. The number of hydrogen-bond donors (Lipinski definition) is 0. The molecule has 0 N–H and O–H groups in total. The lowest BCUT2D eigenvalue weighted by Crippen LogP contribution is -2.29. The van der Waals surface area contributed by atoms with Crippen molar-refractivity contribution in [3.63, 3.8) is 0 Å². The minimum Gasteiger partial charge on any atom is -0.291 e. The fourth-order valence-electron chi connectivity index (χ4n) is 1.30. The Balaban J connectivity index is 2.20. The van der Waals surface area contributed by atoms with Crippen molar-refractivity contribution in [2.24, 2.45) is 4.99 Å². The lowest BCUT2D eigenvalue weighted by molar-refractivity contribution is -0.124. The predicted molar refractivity (Wildman–Crippen MR) is 45.7 cm³/mol. The van der Waals surface area contributed by atoms with E-state index in [0.29, 0.717) is 5.75 Å². The molecule has 0 aromatic heterocycles. The van der Waals surface area contributed by atoms with Crippen molar-refractivity contribution in [1.29, 1.82) is 0 Å². The van der Waals surface area contributed by atoms with E-state index in [1.807, 2.05) is 4.90 Å². The highest BCUT2D eigenvalue weighted by atomic mass is 32.2. The molecule has 1 fully saturated rings. The van der Waals surface area contributed by atoms with Crippen LogP contribution in [0.25, 0.3) is 0 Å². The molecule has 11 heavy (non-hydrogen) atoms. The zero-order chi connectivity index (χ0) is 7.68. The van der Waals surface area contributed by atoms with Crippen molar-refractivity contribution in [2.45, 2.75) is 12.8 Å². The third-order valence-electron chi connectivity index (χ3n) is 1.89. The van der Waals surface area contributed by atoms with Gasteiger partial charge in [-0.05, 0) is 12.8 Å². The molecule has 2 heterocycles. The van der Waals surface area contributed by atoms with E-state index in [2.05, 4.69) is 4.99 Å². The third-order valence-corrected chi connectivity index (χ3v) is 2.89. The van der Waals surface area contributed by atoms with Crippen molar-refractivity contribution in [2.75, 3.05) is 18.8 Å². The van der Waals surface area contributed by atoms with Gasteiger partial charge in [0.1, 0.15) is 0 Å². The number of fused-ring (bicyclic) bond motifs is 1. The van der Waals surface area contributed by atoms with Crippen LogP contribution in [0.4, 0.5) is 0 Å². The van der Waals surface area contributed by atoms with Gasteiger partial charge in [-0.1, -0.05) is 11.8 Å². The van der Waals surface area contributed by atoms with Crippen molar-refractivity contribution >= 4 is 22.8 Å². The SMILES string of the molecule is O=C1CSC2=NCCCCN12. The van der Waals surface area contributed by atoms with Crippen molar-refractivity contribution in [3.8, 4) is 0 Å². The Morgan fingerprint density at radius 2 is 2.36 bits per heavy atom. The highest BCUT2D eigenvalue weighted by molar-refractivity contribution is 8.15. The van der Waals surface area contributed by atoms with Crippen LogP contribution in [-0.2, 0) is 4.79 Å². The summed E-state index contributed by atoms with van der Waals surface area (Å²) < 4.78 is 0. The van der Waals surface area contributed by atoms with E-state index in [-0.39, 0.29) is 5.91 Å². The van der Waals surface area contributed by atoms with Gasteiger partial charge in [-0.3, -0.25) is 14.7 Å². The van der Waals surface area contributed by atoms with Crippen LogP contribution >= 0.6 is 11.8 Å². The minimum absolute atomic E-state index is 0.232. The zero-order valence-corrected chi connectivity index (χ0v) is 7.06. The van der Waals surface area contributed by atoms with Gasteiger partial charge in [-0.25, -0.2) is 0 Å². The summed E-state index contributed by atoms with van der Waals surface area (Å²) in [7, 11) is 0. The number of carbonyl (C=O) groups excluding carboxylic acids is 1. The normalized spacial score (nSPS) is 24.5. The van der Waals surface area contributed by atoms with Gasteiger partial charge < -0.3 is 0 Å². The second-order valence-electron chi connectivity index (χ2n) is 2.71. The second kappa shape index (κ2) is 2.85. The average molecular weight is 170 g/mol. The van der Waals surface area contributed by atoms with Crippen LogP contribution in [0.2, 0.25) is 0 Å². The first-order valence-electron chi connectivity index (χ1n) is 3.85. The molecule has 2 rings (SSSR count). The van der Waals surface area contributed by atoms with E-state index < -0.39 is 0 Å². The molecule has 0 aromatic rings. The van der Waals surface area contributed by atoms with Crippen LogP contribution in [0.1, 0.15) is 12.8 Å². The summed E-state index contributed by atoms with van der Waals surface area (Å²) in [6.45, 7) is 1.77. The molecule has 2 aliphatic rings. The Bertz CT molecular complexity index is 214. The maximum Gasteiger partial charge on any atom is 0.239 e. The van der Waals surface area contributed by atoms with Crippen LogP contribution in [0.3, 0.4) is 0 Å². The Hall–Kier alpha value is -0.510. The molecule has 0 bridgehead atoms. The molecule has 1 saturated heterocycles. The molecule has 0 unspecified atom stereocenters. The number of rotatable bonds is 0. The summed E-state index contributed by atoms with van der Waals surface area (Å²) in [6.07, 6.45) is 2.22. The number of amidine groups is 1. The van der Waals surface area contributed by atoms with E-state index in [1.165, 1.54) is 0 Å². The highest BCUT2D eigenvalue weighted by Crippen LogP contribution is 2.21. The summed E-state index contributed by atoms with van der Waals surface area (Å²) in [4.78, 5) is 17.3. The number of thioether (sulfide) groups is 1. The topological polar surface area (TPSA) is 32.7 Å². The van der Waals surface area contributed by atoms with Crippen LogP contribution in [-0.4, -0.2) is 34.8 Å². The van der Waals surface area contributed by atoms with E-state index in [4.69, 9.17) is 0 Å². The van der Waals surface area contributed by atoms with Gasteiger partial charge in [-0.15, -0.1) is 0 Å². The van der Waals surface area contributed by atoms with Crippen molar-refractivity contribution in [1.82, 2.24) is 4.90 Å². The summed E-state index contributed by atoms with van der Waals surface area (Å²) in [6, 6.07) is 0. The second-order valence-corrected chi connectivity index (χ2v) is 3.65. The Kier molecular flexibility index (Phi) is 1.85. The van der Waals surface area contributed by atoms with Gasteiger partial charge >= 0.3 is 0 Å². The fourth-order valence-corrected chi connectivity index (χ4v) is 2.24. The summed E-state index contributed by atoms with van der Waals surface area (Å²) >= 11 is 1.57. The highest BCUT2D eigenvalue weighted by Gasteiger charge is 2.28. The monoisotopic (exact) mass is 170 g/mol. The number of nitrogens with zero attached hydrogens (tertiary/aromatic N) is 2. The largest absolute Gasteiger partial charge is 0.291 e. The van der Waals surface area contributed by atoms with E-state index in [1.54, 1.807) is 11.8 Å². The fraction of sp³-hybridized carbons (Fsp3) is 0.714. The molecular formula is C7H10N2OS. The molecule has 60 valence electrons. The molecule has 0 aliphatic carbocycles. The summed E-state index contributed by atoms with van der Waals surface area (Å²) in [5, 5.41) is 0.951. The van der Waals surface area contributed by atoms with Crippen LogP contribution in [0.15, 0.2) is 4.99 Å². The number of aliphatic imine (C=N–C) groups is 1. The molecule has 3 nitrogen and oxygen atoms in total. The maximum absolute atomic E-state index is 11.2.